The monoisotopic (exact) mass is 630 g/mol. The second kappa shape index (κ2) is 12.8. The summed E-state index contributed by atoms with van der Waals surface area (Å²) in [7, 11) is 0. The molecule has 0 spiro atoms. The molecule has 0 amide bonds. The van der Waals surface area contributed by atoms with Crippen LogP contribution in [0, 0.1) is 0 Å². The third kappa shape index (κ3) is 5.61. The summed E-state index contributed by atoms with van der Waals surface area (Å²) in [5, 5.41) is 78.9. The number of benzene rings is 5. The molecule has 0 bridgehead atoms. The zero-order chi connectivity index (χ0) is 33.2. The fourth-order valence-electron chi connectivity index (χ4n) is 7.77. The van der Waals surface area contributed by atoms with Crippen LogP contribution < -0.4 is 0 Å². The van der Waals surface area contributed by atoms with Gasteiger partial charge in [-0.05, 0) is 27.8 Å². The molecule has 0 radical (unpaired) electrons. The maximum atomic E-state index is 13.5. The van der Waals surface area contributed by atoms with E-state index in [1.165, 1.54) is 0 Å². The molecular weight excluding hydrogens is 588 g/mol. The number of aliphatic hydroxyl groups excluding tert-OH is 1. The Hall–Kier alpha value is -4.14. The summed E-state index contributed by atoms with van der Waals surface area (Å²) >= 11 is 0. The van der Waals surface area contributed by atoms with Crippen molar-refractivity contribution in [2.45, 2.75) is 66.2 Å². The third-order valence-corrected chi connectivity index (χ3v) is 10.2. The van der Waals surface area contributed by atoms with Crippen LogP contribution in [-0.4, -0.2) is 64.7 Å². The van der Waals surface area contributed by atoms with E-state index >= 15 is 0 Å². The lowest BCUT2D eigenvalue weighted by Gasteiger charge is -2.69. The van der Waals surface area contributed by atoms with Crippen molar-refractivity contribution in [1.82, 2.24) is 0 Å². The smallest absolute Gasteiger partial charge is 0.132 e. The van der Waals surface area contributed by atoms with Gasteiger partial charge in [0.1, 0.15) is 34.1 Å². The molecule has 0 aliphatic heterocycles. The van der Waals surface area contributed by atoms with E-state index in [0.29, 0.717) is 27.8 Å². The van der Waals surface area contributed by atoms with Gasteiger partial charge in [-0.3, -0.25) is 0 Å². The number of aliphatic hydroxyl groups is 6. The highest BCUT2D eigenvalue weighted by Gasteiger charge is 2.82. The number of rotatable bonds is 10. The Morgan fingerprint density at radius 3 is 0.787 bits per heavy atom. The molecule has 6 nitrogen and oxygen atoms in total. The molecule has 0 aromatic heterocycles. The van der Waals surface area contributed by atoms with Gasteiger partial charge in [0.05, 0.1) is 0 Å². The van der Waals surface area contributed by atoms with Crippen molar-refractivity contribution in [2.24, 2.45) is 0 Å². The number of hydrogen-bond acceptors (Lipinski definition) is 6. The molecule has 0 saturated heterocycles. The van der Waals surface area contributed by atoms with Gasteiger partial charge in [-0.2, -0.15) is 0 Å². The van der Waals surface area contributed by atoms with Crippen LogP contribution >= 0.6 is 0 Å². The highest BCUT2D eigenvalue weighted by Crippen LogP contribution is 2.59. The Bertz CT molecular complexity index is 1630. The molecule has 1 aliphatic rings. The summed E-state index contributed by atoms with van der Waals surface area (Å²) in [6, 6.07) is 44.5. The van der Waals surface area contributed by atoms with E-state index in [4.69, 9.17) is 0 Å². The zero-order valence-corrected chi connectivity index (χ0v) is 26.2. The largest absolute Gasteiger partial charge is 0.387 e. The summed E-state index contributed by atoms with van der Waals surface area (Å²) in [6.45, 7) is 0. The highest BCUT2D eigenvalue weighted by atomic mass is 16.5. The summed E-state index contributed by atoms with van der Waals surface area (Å²) in [4.78, 5) is 0. The van der Waals surface area contributed by atoms with E-state index in [1.807, 2.05) is 30.3 Å². The zero-order valence-electron chi connectivity index (χ0n) is 26.2. The van der Waals surface area contributed by atoms with Crippen molar-refractivity contribution in [1.29, 1.82) is 0 Å². The van der Waals surface area contributed by atoms with Crippen LogP contribution in [0.2, 0.25) is 0 Å². The van der Waals surface area contributed by atoms with Crippen molar-refractivity contribution in [3.63, 3.8) is 0 Å². The first-order chi connectivity index (χ1) is 22.5. The Kier molecular flexibility index (Phi) is 8.94. The van der Waals surface area contributed by atoms with E-state index in [2.05, 4.69) is 0 Å². The minimum atomic E-state index is -2.64. The lowest BCUT2D eigenvalue weighted by atomic mass is 9.44. The van der Waals surface area contributed by atoms with E-state index in [9.17, 15) is 30.6 Å². The molecule has 5 aromatic rings. The summed E-state index contributed by atoms with van der Waals surface area (Å²) in [5.41, 5.74) is -10.2. The van der Waals surface area contributed by atoms with E-state index in [1.54, 1.807) is 121 Å². The van der Waals surface area contributed by atoms with Crippen molar-refractivity contribution in [3.05, 3.63) is 179 Å². The Balaban J connectivity index is 1.67. The topological polar surface area (TPSA) is 121 Å². The molecule has 6 atom stereocenters. The Labute approximate surface area is 275 Å². The first-order valence-electron chi connectivity index (χ1n) is 16.0. The lowest BCUT2D eigenvalue weighted by Crippen LogP contribution is -2.93. The molecular formula is C41H42O6. The van der Waals surface area contributed by atoms with Crippen LogP contribution in [-0.2, 0) is 32.1 Å². The van der Waals surface area contributed by atoms with Gasteiger partial charge in [-0.15, -0.1) is 0 Å². The van der Waals surface area contributed by atoms with E-state index < -0.39 is 34.1 Å². The SMILES string of the molecule is O[C@@H]1[C@](O)(Cc2ccccc2)[C@@](O)(Cc2ccccc2)[C@](O)(Cc2ccccc2)[C@@](O)(Cc2ccccc2)[C@@]1(O)Cc1ccccc1. The molecule has 1 fully saturated rings. The van der Waals surface area contributed by atoms with Gasteiger partial charge in [0.25, 0.3) is 0 Å². The van der Waals surface area contributed by atoms with E-state index in [0.717, 1.165) is 0 Å². The second-order valence-electron chi connectivity index (χ2n) is 13.1. The van der Waals surface area contributed by atoms with Crippen LogP contribution in [0.5, 0.6) is 0 Å². The Morgan fingerprint density at radius 1 is 0.319 bits per heavy atom. The summed E-state index contributed by atoms with van der Waals surface area (Å²) in [5.74, 6) is 0. The highest BCUT2D eigenvalue weighted by molar-refractivity contribution is 5.42. The van der Waals surface area contributed by atoms with Crippen molar-refractivity contribution >= 4 is 0 Å². The standard InChI is InChI=1S/C41H42O6/c42-36-37(43,26-31-16-6-1-7-17-31)39(45,28-33-20-10-3-11-21-33)41(47,30-35-24-14-5-15-25-35)40(46,29-34-22-12-4-13-23-34)38(36,44)27-32-18-8-2-9-19-32/h1-25,36,42-47H,26-30H2/t36-,37-,38-,39+,40-,41-/m1/s1. The maximum absolute atomic E-state index is 13.5. The van der Waals surface area contributed by atoms with Gasteiger partial charge < -0.3 is 30.6 Å². The lowest BCUT2D eigenvalue weighted by molar-refractivity contribution is -0.408. The average molecular weight is 631 g/mol. The molecule has 47 heavy (non-hydrogen) atoms. The molecule has 0 heterocycles. The first-order valence-corrected chi connectivity index (χ1v) is 16.0. The fourth-order valence-corrected chi connectivity index (χ4v) is 7.77. The predicted molar refractivity (Wildman–Crippen MR) is 181 cm³/mol. The maximum Gasteiger partial charge on any atom is 0.132 e. The molecule has 242 valence electrons. The third-order valence-electron chi connectivity index (χ3n) is 10.2. The normalized spacial score (nSPS) is 30.6. The molecule has 0 unspecified atom stereocenters. The van der Waals surface area contributed by atoms with Crippen LogP contribution in [0.15, 0.2) is 152 Å². The van der Waals surface area contributed by atoms with Gasteiger partial charge in [0.15, 0.2) is 0 Å². The predicted octanol–water partition coefficient (Wildman–Crippen LogP) is 4.23. The molecule has 1 saturated carbocycles. The van der Waals surface area contributed by atoms with Crippen LogP contribution in [0.3, 0.4) is 0 Å². The van der Waals surface area contributed by atoms with E-state index in [-0.39, 0.29) is 32.1 Å². The van der Waals surface area contributed by atoms with Crippen LogP contribution in [0.1, 0.15) is 27.8 Å². The van der Waals surface area contributed by atoms with Crippen molar-refractivity contribution < 1.29 is 30.6 Å². The van der Waals surface area contributed by atoms with Crippen LogP contribution in [0.25, 0.3) is 0 Å². The molecule has 5 aromatic carbocycles. The second-order valence-corrected chi connectivity index (χ2v) is 13.1. The van der Waals surface area contributed by atoms with Crippen molar-refractivity contribution in [2.75, 3.05) is 0 Å². The van der Waals surface area contributed by atoms with Gasteiger partial charge in [0, 0.05) is 32.1 Å². The molecule has 6 N–H and O–H groups in total. The average Bonchev–Trinajstić information content (AvgIpc) is 3.09. The minimum Gasteiger partial charge on any atom is -0.387 e. The van der Waals surface area contributed by atoms with Gasteiger partial charge in [-0.1, -0.05) is 152 Å². The quantitative estimate of drug-likeness (QED) is 0.137. The van der Waals surface area contributed by atoms with Gasteiger partial charge in [0.2, 0.25) is 0 Å². The molecule has 1 aliphatic carbocycles. The molecule has 6 heteroatoms. The fraction of sp³-hybridized carbons (Fsp3) is 0.268. The van der Waals surface area contributed by atoms with Crippen molar-refractivity contribution in [3.8, 4) is 0 Å². The minimum absolute atomic E-state index is 0.325. The van der Waals surface area contributed by atoms with Crippen LogP contribution in [0.4, 0.5) is 0 Å². The molecule has 6 rings (SSSR count). The number of hydrogen-bond donors (Lipinski definition) is 6. The van der Waals surface area contributed by atoms with Gasteiger partial charge in [-0.25, -0.2) is 0 Å². The van der Waals surface area contributed by atoms with Gasteiger partial charge >= 0.3 is 0 Å². The summed E-state index contributed by atoms with van der Waals surface area (Å²) < 4.78 is 0. The first kappa shape index (κ1) is 32.8. The summed E-state index contributed by atoms with van der Waals surface area (Å²) in [6.07, 6.45) is -3.80. The Morgan fingerprint density at radius 2 is 0.532 bits per heavy atom.